The van der Waals surface area contributed by atoms with E-state index in [2.05, 4.69) is 26.1 Å². The summed E-state index contributed by atoms with van der Waals surface area (Å²) in [5, 5.41) is 3.55. The molecule has 0 aromatic carbocycles. The average Bonchev–Trinajstić information content (AvgIpc) is 2.74. The van der Waals surface area contributed by atoms with Crippen molar-refractivity contribution < 1.29 is 4.74 Å². The standard InChI is InChI=1S/C15H32N2O/c1-13(2)14(7-9-16)6-4-10-17-12-15(3)8-5-11-18-15/h13-14,17H,4-12,16H2,1-3H3. The van der Waals surface area contributed by atoms with Gasteiger partial charge in [-0.25, -0.2) is 0 Å². The molecule has 2 unspecified atom stereocenters. The molecule has 0 aliphatic carbocycles. The van der Waals surface area contributed by atoms with Gasteiger partial charge in [-0.2, -0.15) is 0 Å². The number of nitrogens with two attached hydrogens (primary N) is 1. The summed E-state index contributed by atoms with van der Waals surface area (Å²) in [6.07, 6.45) is 6.11. The van der Waals surface area contributed by atoms with Gasteiger partial charge in [0.2, 0.25) is 0 Å². The van der Waals surface area contributed by atoms with E-state index < -0.39 is 0 Å². The first kappa shape index (κ1) is 15.9. The molecule has 1 rings (SSSR count). The third-order valence-electron chi connectivity index (χ3n) is 4.21. The number of rotatable bonds is 9. The lowest BCUT2D eigenvalue weighted by atomic mass is 9.88. The van der Waals surface area contributed by atoms with Gasteiger partial charge in [0.1, 0.15) is 0 Å². The second kappa shape index (κ2) is 8.13. The maximum atomic E-state index is 5.77. The highest BCUT2D eigenvalue weighted by molar-refractivity contribution is 4.82. The van der Waals surface area contributed by atoms with Crippen molar-refractivity contribution in [2.75, 3.05) is 26.2 Å². The minimum Gasteiger partial charge on any atom is -0.374 e. The summed E-state index contributed by atoms with van der Waals surface area (Å²) in [6.45, 7) is 10.7. The lowest BCUT2D eigenvalue weighted by molar-refractivity contribution is 0.0209. The van der Waals surface area contributed by atoms with E-state index in [9.17, 15) is 0 Å². The van der Waals surface area contributed by atoms with Crippen molar-refractivity contribution in [1.82, 2.24) is 5.32 Å². The van der Waals surface area contributed by atoms with E-state index in [1.807, 2.05) is 0 Å². The second-order valence-electron chi connectivity index (χ2n) is 6.30. The molecule has 3 N–H and O–H groups in total. The van der Waals surface area contributed by atoms with Crippen molar-refractivity contribution in [3.05, 3.63) is 0 Å². The lowest BCUT2D eigenvalue weighted by Crippen LogP contribution is -2.37. The molecule has 1 fully saturated rings. The van der Waals surface area contributed by atoms with Crippen LogP contribution in [0, 0.1) is 11.8 Å². The molecule has 1 heterocycles. The van der Waals surface area contributed by atoms with E-state index in [1.54, 1.807) is 0 Å². The molecule has 0 aromatic heterocycles. The van der Waals surface area contributed by atoms with Gasteiger partial charge in [0.25, 0.3) is 0 Å². The topological polar surface area (TPSA) is 47.3 Å². The van der Waals surface area contributed by atoms with Gasteiger partial charge in [-0.1, -0.05) is 13.8 Å². The van der Waals surface area contributed by atoms with Crippen molar-refractivity contribution >= 4 is 0 Å². The molecular formula is C15H32N2O. The highest BCUT2D eigenvalue weighted by Gasteiger charge is 2.28. The molecule has 0 bridgehead atoms. The fraction of sp³-hybridized carbons (Fsp3) is 1.00. The van der Waals surface area contributed by atoms with Crippen molar-refractivity contribution in [3.8, 4) is 0 Å². The number of hydrogen-bond donors (Lipinski definition) is 2. The Bertz CT molecular complexity index is 213. The molecule has 3 heteroatoms. The van der Waals surface area contributed by atoms with Crippen LogP contribution in [0.1, 0.15) is 52.9 Å². The zero-order valence-electron chi connectivity index (χ0n) is 12.5. The van der Waals surface area contributed by atoms with Crippen LogP contribution in [-0.2, 0) is 4.74 Å². The molecule has 2 atom stereocenters. The molecule has 0 spiro atoms. The Labute approximate surface area is 113 Å². The van der Waals surface area contributed by atoms with Crippen molar-refractivity contribution in [3.63, 3.8) is 0 Å². The highest BCUT2D eigenvalue weighted by Crippen LogP contribution is 2.24. The van der Waals surface area contributed by atoms with Gasteiger partial charge in [-0.3, -0.25) is 0 Å². The van der Waals surface area contributed by atoms with Gasteiger partial charge in [0, 0.05) is 13.2 Å². The Balaban J connectivity index is 2.06. The lowest BCUT2D eigenvalue weighted by Gasteiger charge is -2.24. The molecule has 1 saturated heterocycles. The molecule has 1 aliphatic rings. The van der Waals surface area contributed by atoms with Crippen LogP contribution in [0.2, 0.25) is 0 Å². The predicted octanol–water partition coefficient (Wildman–Crippen LogP) is 2.55. The zero-order valence-corrected chi connectivity index (χ0v) is 12.5. The molecule has 1 aliphatic heterocycles. The quantitative estimate of drug-likeness (QED) is 0.623. The number of ether oxygens (including phenoxy) is 1. The SMILES string of the molecule is CC(C)C(CCN)CCCNCC1(C)CCCO1. The summed E-state index contributed by atoms with van der Waals surface area (Å²) in [5.74, 6) is 1.54. The van der Waals surface area contributed by atoms with Crippen molar-refractivity contribution in [2.45, 2.75) is 58.5 Å². The van der Waals surface area contributed by atoms with Crippen molar-refractivity contribution in [2.24, 2.45) is 17.6 Å². The first-order valence-corrected chi connectivity index (χ1v) is 7.62. The first-order chi connectivity index (χ1) is 8.57. The minimum absolute atomic E-state index is 0.0920. The van der Waals surface area contributed by atoms with Crippen LogP contribution in [0.5, 0.6) is 0 Å². The second-order valence-corrected chi connectivity index (χ2v) is 6.30. The van der Waals surface area contributed by atoms with Gasteiger partial charge in [0.05, 0.1) is 5.60 Å². The van der Waals surface area contributed by atoms with Crippen LogP contribution in [-0.4, -0.2) is 31.8 Å². The van der Waals surface area contributed by atoms with E-state index in [0.29, 0.717) is 0 Å². The van der Waals surface area contributed by atoms with E-state index in [4.69, 9.17) is 10.5 Å². The summed E-state index contributed by atoms with van der Waals surface area (Å²) in [5.41, 5.74) is 5.76. The molecule has 0 aromatic rings. The first-order valence-electron chi connectivity index (χ1n) is 7.62. The molecular weight excluding hydrogens is 224 g/mol. The Morgan fingerprint density at radius 3 is 2.67 bits per heavy atom. The molecule has 108 valence electrons. The largest absolute Gasteiger partial charge is 0.374 e. The van der Waals surface area contributed by atoms with Crippen LogP contribution in [0.15, 0.2) is 0 Å². The van der Waals surface area contributed by atoms with Gasteiger partial charge >= 0.3 is 0 Å². The third kappa shape index (κ3) is 5.68. The maximum absolute atomic E-state index is 5.77. The Hall–Kier alpha value is -0.120. The van der Waals surface area contributed by atoms with Crippen LogP contribution in [0.25, 0.3) is 0 Å². The normalized spacial score (nSPS) is 25.8. The number of hydrogen-bond acceptors (Lipinski definition) is 3. The zero-order chi connectivity index (χ0) is 13.4. The number of nitrogens with one attached hydrogen (secondary N) is 1. The fourth-order valence-electron chi connectivity index (χ4n) is 2.84. The van der Waals surface area contributed by atoms with Crippen LogP contribution in [0.3, 0.4) is 0 Å². The van der Waals surface area contributed by atoms with Gasteiger partial charge < -0.3 is 15.8 Å². The Kier molecular flexibility index (Phi) is 7.20. The molecule has 0 saturated carbocycles. The minimum atomic E-state index is 0.0920. The smallest absolute Gasteiger partial charge is 0.0779 e. The summed E-state index contributed by atoms with van der Waals surface area (Å²) >= 11 is 0. The average molecular weight is 256 g/mol. The molecule has 0 radical (unpaired) electrons. The predicted molar refractivity (Wildman–Crippen MR) is 77.7 cm³/mol. The highest BCUT2D eigenvalue weighted by atomic mass is 16.5. The Morgan fingerprint density at radius 1 is 1.33 bits per heavy atom. The summed E-state index contributed by atoms with van der Waals surface area (Å²) in [6, 6.07) is 0. The van der Waals surface area contributed by atoms with E-state index >= 15 is 0 Å². The van der Waals surface area contributed by atoms with Crippen LogP contribution in [0.4, 0.5) is 0 Å². The summed E-state index contributed by atoms with van der Waals surface area (Å²) < 4.78 is 5.77. The van der Waals surface area contributed by atoms with Gasteiger partial charge in [-0.05, 0) is 64.0 Å². The van der Waals surface area contributed by atoms with Gasteiger partial charge in [-0.15, -0.1) is 0 Å². The molecule has 18 heavy (non-hydrogen) atoms. The fourth-order valence-corrected chi connectivity index (χ4v) is 2.84. The Morgan fingerprint density at radius 2 is 2.11 bits per heavy atom. The summed E-state index contributed by atoms with van der Waals surface area (Å²) in [4.78, 5) is 0. The third-order valence-corrected chi connectivity index (χ3v) is 4.21. The molecule has 3 nitrogen and oxygen atoms in total. The molecule has 0 amide bonds. The summed E-state index contributed by atoms with van der Waals surface area (Å²) in [7, 11) is 0. The van der Waals surface area contributed by atoms with Gasteiger partial charge in [0.15, 0.2) is 0 Å². The van der Waals surface area contributed by atoms with Crippen molar-refractivity contribution in [1.29, 1.82) is 0 Å². The van der Waals surface area contributed by atoms with Crippen LogP contribution >= 0.6 is 0 Å². The van der Waals surface area contributed by atoms with Crippen LogP contribution < -0.4 is 11.1 Å². The van der Waals surface area contributed by atoms with E-state index in [-0.39, 0.29) is 5.60 Å². The monoisotopic (exact) mass is 256 g/mol. The maximum Gasteiger partial charge on any atom is 0.0779 e. The van der Waals surface area contributed by atoms with E-state index in [1.165, 1.54) is 32.1 Å². The van der Waals surface area contributed by atoms with E-state index in [0.717, 1.165) is 38.1 Å².